The van der Waals surface area contributed by atoms with Gasteiger partial charge in [-0.05, 0) is 24.6 Å². The maximum Gasteiger partial charge on any atom is 0.310 e. The Morgan fingerprint density at radius 3 is 2.44 bits per heavy atom. The van der Waals surface area contributed by atoms with E-state index in [0.717, 1.165) is 0 Å². The number of benzene rings is 1. The largest absolute Gasteiger partial charge is 0.481 e. The van der Waals surface area contributed by atoms with Gasteiger partial charge in [0.05, 0.1) is 18.9 Å². The van der Waals surface area contributed by atoms with E-state index < -0.39 is 11.9 Å². The van der Waals surface area contributed by atoms with E-state index in [1.54, 1.807) is 31.2 Å². The number of carboxylic acid groups (broad SMARTS) is 1. The van der Waals surface area contributed by atoms with Gasteiger partial charge in [0.15, 0.2) is 0 Å². The minimum atomic E-state index is -0.869. The van der Waals surface area contributed by atoms with Crippen molar-refractivity contribution in [2.45, 2.75) is 19.3 Å². The fourth-order valence-electron chi connectivity index (χ4n) is 1.42. The van der Waals surface area contributed by atoms with Crippen LogP contribution in [0.4, 0.5) is 5.69 Å². The average Bonchev–Trinajstić information content (AvgIpc) is 2.36. The zero-order valence-corrected chi connectivity index (χ0v) is 10.5. The molecule has 0 bridgehead atoms. The third-order valence-electron chi connectivity index (χ3n) is 2.60. The highest BCUT2D eigenvalue weighted by Gasteiger charge is 2.13. The molecule has 1 atom stereocenters. The SMILES string of the molecule is COCCC(=O)Nc1ccc(C(C)C(=O)O)cc1. The molecule has 1 amide bonds. The lowest BCUT2D eigenvalue weighted by atomic mass is 10.0. The molecule has 0 fully saturated rings. The molecule has 0 heterocycles. The first kappa shape index (κ1) is 14.2. The van der Waals surface area contributed by atoms with E-state index in [1.807, 2.05) is 0 Å². The maximum atomic E-state index is 11.4. The standard InChI is InChI=1S/C13H17NO4/c1-9(13(16)17)10-3-5-11(6-4-10)14-12(15)7-8-18-2/h3-6,9H,7-8H2,1-2H3,(H,14,15)(H,16,17). The number of carboxylic acids is 1. The summed E-state index contributed by atoms with van der Waals surface area (Å²) in [6.45, 7) is 1.99. The molecular formula is C13H17NO4. The zero-order valence-electron chi connectivity index (χ0n) is 10.5. The summed E-state index contributed by atoms with van der Waals surface area (Å²) < 4.78 is 4.80. The van der Waals surface area contributed by atoms with E-state index in [-0.39, 0.29) is 5.91 Å². The highest BCUT2D eigenvalue weighted by molar-refractivity contribution is 5.90. The second-order valence-electron chi connectivity index (χ2n) is 3.97. The quantitative estimate of drug-likeness (QED) is 0.809. The third-order valence-corrected chi connectivity index (χ3v) is 2.60. The summed E-state index contributed by atoms with van der Waals surface area (Å²) in [5.41, 5.74) is 1.36. The minimum absolute atomic E-state index is 0.129. The molecule has 0 aromatic heterocycles. The van der Waals surface area contributed by atoms with Crippen LogP contribution >= 0.6 is 0 Å². The fourth-order valence-corrected chi connectivity index (χ4v) is 1.42. The number of carbonyl (C=O) groups excluding carboxylic acids is 1. The van der Waals surface area contributed by atoms with Gasteiger partial charge in [-0.1, -0.05) is 12.1 Å². The maximum absolute atomic E-state index is 11.4. The molecule has 0 saturated carbocycles. The Balaban J connectivity index is 2.60. The lowest BCUT2D eigenvalue weighted by molar-refractivity contribution is -0.138. The summed E-state index contributed by atoms with van der Waals surface area (Å²) in [6, 6.07) is 6.79. The van der Waals surface area contributed by atoms with Crippen molar-refractivity contribution in [3.8, 4) is 0 Å². The van der Waals surface area contributed by atoms with E-state index in [9.17, 15) is 9.59 Å². The smallest absolute Gasteiger partial charge is 0.310 e. The first-order chi connectivity index (χ1) is 8.54. The molecule has 5 heteroatoms. The number of methoxy groups -OCH3 is 1. The van der Waals surface area contributed by atoms with Gasteiger partial charge in [-0.2, -0.15) is 0 Å². The first-order valence-corrected chi connectivity index (χ1v) is 5.66. The van der Waals surface area contributed by atoms with Gasteiger partial charge >= 0.3 is 5.97 Å². The number of aliphatic carboxylic acids is 1. The molecule has 1 rings (SSSR count). The van der Waals surface area contributed by atoms with E-state index in [4.69, 9.17) is 9.84 Å². The number of carbonyl (C=O) groups is 2. The Kier molecular flexibility index (Phi) is 5.32. The predicted octanol–water partition coefficient (Wildman–Crippen LogP) is 1.85. The first-order valence-electron chi connectivity index (χ1n) is 5.66. The molecule has 0 aliphatic heterocycles. The van der Waals surface area contributed by atoms with Crippen molar-refractivity contribution >= 4 is 17.6 Å². The van der Waals surface area contributed by atoms with Gasteiger partial charge in [0.25, 0.3) is 0 Å². The fraction of sp³-hybridized carbons (Fsp3) is 0.385. The van der Waals surface area contributed by atoms with Gasteiger partial charge < -0.3 is 15.2 Å². The molecule has 0 aliphatic rings. The Morgan fingerprint density at radius 1 is 1.33 bits per heavy atom. The van der Waals surface area contributed by atoms with Gasteiger partial charge in [-0.3, -0.25) is 9.59 Å². The number of hydrogen-bond donors (Lipinski definition) is 2. The number of anilines is 1. The lowest BCUT2D eigenvalue weighted by Gasteiger charge is -2.08. The van der Waals surface area contributed by atoms with Crippen LogP contribution < -0.4 is 5.32 Å². The number of nitrogens with one attached hydrogen (secondary N) is 1. The van der Waals surface area contributed by atoms with Gasteiger partial charge in [-0.15, -0.1) is 0 Å². The molecule has 0 spiro atoms. The second-order valence-corrected chi connectivity index (χ2v) is 3.97. The van der Waals surface area contributed by atoms with Crippen molar-refractivity contribution in [1.82, 2.24) is 0 Å². The summed E-state index contributed by atoms with van der Waals surface area (Å²) in [7, 11) is 1.54. The van der Waals surface area contributed by atoms with Crippen molar-refractivity contribution in [3.05, 3.63) is 29.8 Å². The highest BCUT2D eigenvalue weighted by Crippen LogP contribution is 2.18. The molecule has 0 saturated heterocycles. The average molecular weight is 251 g/mol. The number of rotatable bonds is 6. The number of hydrogen-bond acceptors (Lipinski definition) is 3. The van der Waals surface area contributed by atoms with Crippen LogP contribution in [0.15, 0.2) is 24.3 Å². The van der Waals surface area contributed by atoms with Crippen molar-refractivity contribution < 1.29 is 19.4 Å². The minimum Gasteiger partial charge on any atom is -0.481 e. The van der Waals surface area contributed by atoms with Crippen LogP contribution in [0.1, 0.15) is 24.8 Å². The molecule has 18 heavy (non-hydrogen) atoms. The molecular weight excluding hydrogens is 234 g/mol. The molecule has 0 aliphatic carbocycles. The predicted molar refractivity (Wildman–Crippen MR) is 67.6 cm³/mol. The molecule has 0 radical (unpaired) electrons. The normalized spacial score (nSPS) is 11.9. The van der Waals surface area contributed by atoms with Crippen molar-refractivity contribution in [2.75, 3.05) is 19.0 Å². The topological polar surface area (TPSA) is 75.6 Å². The summed E-state index contributed by atoms with van der Waals surface area (Å²) in [6.07, 6.45) is 0.295. The number of amides is 1. The van der Waals surface area contributed by atoms with E-state index >= 15 is 0 Å². The van der Waals surface area contributed by atoms with Crippen LogP contribution in [0.5, 0.6) is 0 Å². The van der Waals surface area contributed by atoms with Crippen LogP contribution in [-0.4, -0.2) is 30.7 Å². The Labute approximate surface area is 106 Å². The van der Waals surface area contributed by atoms with Crippen LogP contribution in [0.25, 0.3) is 0 Å². The van der Waals surface area contributed by atoms with E-state index in [1.165, 1.54) is 7.11 Å². The van der Waals surface area contributed by atoms with Crippen LogP contribution in [-0.2, 0) is 14.3 Å². The molecule has 5 nitrogen and oxygen atoms in total. The Morgan fingerprint density at radius 2 is 1.94 bits per heavy atom. The molecule has 2 N–H and O–H groups in total. The summed E-state index contributed by atoms with van der Waals surface area (Å²) in [5.74, 6) is -1.55. The van der Waals surface area contributed by atoms with Crippen LogP contribution in [0, 0.1) is 0 Å². The van der Waals surface area contributed by atoms with Crippen molar-refractivity contribution in [1.29, 1.82) is 0 Å². The summed E-state index contributed by atoms with van der Waals surface area (Å²) in [4.78, 5) is 22.2. The molecule has 1 aromatic rings. The summed E-state index contributed by atoms with van der Waals surface area (Å²) >= 11 is 0. The van der Waals surface area contributed by atoms with Crippen LogP contribution in [0.3, 0.4) is 0 Å². The molecule has 98 valence electrons. The van der Waals surface area contributed by atoms with Crippen molar-refractivity contribution in [2.24, 2.45) is 0 Å². The molecule has 1 unspecified atom stereocenters. The highest BCUT2D eigenvalue weighted by atomic mass is 16.5. The Hall–Kier alpha value is -1.88. The lowest BCUT2D eigenvalue weighted by Crippen LogP contribution is -2.13. The summed E-state index contributed by atoms with van der Waals surface area (Å²) in [5, 5.41) is 11.6. The zero-order chi connectivity index (χ0) is 13.5. The number of ether oxygens (including phenoxy) is 1. The van der Waals surface area contributed by atoms with Gasteiger partial charge in [-0.25, -0.2) is 0 Å². The van der Waals surface area contributed by atoms with Crippen LogP contribution in [0.2, 0.25) is 0 Å². The van der Waals surface area contributed by atoms with Crippen molar-refractivity contribution in [3.63, 3.8) is 0 Å². The third kappa shape index (κ3) is 4.18. The van der Waals surface area contributed by atoms with E-state index in [0.29, 0.717) is 24.3 Å². The van der Waals surface area contributed by atoms with E-state index in [2.05, 4.69) is 5.32 Å². The van der Waals surface area contributed by atoms with Gasteiger partial charge in [0.2, 0.25) is 5.91 Å². The monoisotopic (exact) mass is 251 g/mol. The van der Waals surface area contributed by atoms with Gasteiger partial charge in [0, 0.05) is 12.8 Å². The Bertz CT molecular complexity index is 414. The second kappa shape index (κ2) is 6.76. The van der Waals surface area contributed by atoms with Gasteiger partial charge in [0.1, 0.15) is 0 Å². The molecule has 1 aromatic carbocycles.